The molecule has 1 rings (SSSR count). The van der Waals surface area contributed by atoms with E-state index in [0.29, 0.717) is 5.92 Å². The van der Waals surface area contributed by atoms with Gasteiger partial charge in [0, 0.05) is 26.1 Å². The van der Waals surface area contributed by atoms with Gasteiger partial charge >= 0.3 is 0 Å². The minimum absolute atomic E-state index is 0.0357. The molecule has 0 aromatic heterocycles. The number of carbonyl (C=O) groups excluding carboxylic acids is 1. The number of amides is 1. The molecular weight excluding hydrogens is 154 g/mol. The maximum atomic E-state index is 11.1. The van der Waals surface area contributed by atoms with E-state index in [0.717, 1.165) is 26.1 Å². The summed E-state index contributed by atoms with van der Waals surface area (Å²) in [5.74, 6) is 0.549. The van der Waals surface area contributed by atoms with Crippen molar-refractivity contribution in [3.63, 3.8) is 0 Å². The number of nitrogens with zero attached hydrogens (tertiary/aromatic N) is 1. The van der Waals surface area contributed by atoms with Crippen molar-refractivity contribution in [2.24, 2.45) is 5.92 Å². The number of carbonyl (C=O) groups is 1. The largest absolute Gasteiger partial charge is 0.384 e. The van der Waals surface area contributed by atoms with Crippen LogP contribution >= 0.6 is 0 Å². The summed E-state index contributed by atoms with van der Waals surface area (Å²) >= 11 is 0. The molecule has 1 aliphatic rings. The predicted molar refractivity (Wildman–Crippen MR) is 46.8 cm³/mol. The number of ether oxygens (including phenoxy) is 1. The van der Waals surface area contributed by atoms with Gasteiger partial charge in [-0.1, -0.05) is 6.58 Å². The molecule has 1 atom stereocenters. The van der Waals surface area contributed by atoms with E-state index >= 15 is 0 Å². The summed E-state index contributed by atoms with van der Waals surface area (Å²) in [6.45, 7) is 5.87. The molecule has 0 saturated carbocycles. The summed E-state index contributed by atoms with van der Waals surface area (Å²) in [7, 11) is 1.69. The van der Waals surface area contributed by atoms with E-state index in [1.165, 1.54) is 6.08 Å². The number of rotatable bonds is 3. The highest BCUT2D eigenvalue weighted by Crippen LogP contribution is 2.16. The molecule has 1 aliphatic heterocycles. The number of hydrogen-bond donors (Lipinski definition) is 0. The molecule has 1 fully saturated rings. The average molecular weight is 169 g/mol. The van der Waals surface area contributed by atoms with Crippen LogP contribution in [0.25, 0.3) is 0 Å². The molecule has 0 bridgehead atoms. The van der Waals surface area contributed by atoms with Crippen molar-refractivity contribution in [1.82, 2.24) is 4.90 Å². The van der Waals surface area contributed by atoms with Crippen molar-refractivity contribution < 1.29 is 9.53 Å². The number of hydrogen-bond acceptors (Lipinski definition) is 2. The monoisotopic (exact) mass is 169 g/mol. The molecule has 1 heterocycles. The molecule has 3 heteroatoms. The van der Waals surface area contributed by atoms with Crippen LogP contribution < -0.4 is 0 Å². The van der Waals surface area contributed by atoms with E-state index in [4.69, 9.17) is 4.74 Å². The topological polar surface area (TPSA) is 29.5 Å². The van der Waals surface area contributed by atoms with Crippen molar-refractivity contribution in [1.29, 1.82) is 0 Å². The highest BCUT2D eigenvalue weighted by Gasteiger charge is 2.24. The maximum Gasteiger partial charge on any atom is 0.245 e. The molecule has 1 amide bonds. The van der Waals surface area contributed by atoms with Gasteiger partial charge < -0.3 is 9.64 Å². The van der Waals surface area contributed by atoms with Gasteiger partial charge in [0.15, 0.2) is 0 Å². The Morgan fingerprint density at radius 1 is 1.83 bits per heavy atom. The first kappa shape index (κ1) is 9.26. The van der Waals surface area contributed by atoms with E-state index in [9.17, 15) is 4.79 Å². The van der Waals surface area contributed by atoms with Gasteiger partial charge in [0.25, 0.3) is 0 Å². The molecule has 0 unspecified atom stereocenters. The first-order chi connectivity index (χ1) is 5.77. The van der Waals surface area contributed by atoms with E-state index in [-0.39, 0.29) is 5.91 Å². The molecule has 3 nitrogen and oxygen atoms in total. The standard InChI is InChI=1S/C9H15NO2/c1-3-9(11)10-5-4-8(6-10)7-12-2/h3,8H,1,4-7H2,2H3/t8-/m1/s1. The predicted octanol–water partition coefficient (Wildman–Crippen LogP) is 0.667. The molecule has 68 valence electrons. The van der Waals surface area contributed by atoms with Gasteiger partial charge in [-0.05, 0) is 12.5 Å². The van der Waals surface area contributed by atoms with E-state index in [1.54, 1.807) is 7.11 Å². The molecular formula is C9H15NO2. The lowest BCUT2D eigenvalue weighted by molar-refractivity contribution is -0.125. The summed E-state index contributed by atoms with van der Waals surface area (Å²) in [5, 5.41) is 0. The number of likely N-dealkylation sites (tertiary alicyclic amines) is 1. The van der Waals surface area contributed by atoms with Gasteiger partial charge in [-0.2, -0.15) is 0 Å². The zero-order valence-corrected chi connectivity index (χ0v) is 7.45. The quantitative estimate of drug-likeness (QED) is 0.581. The van der Waals surface area contributed by atoms with Gasteiger partial charge in [0.05, 0.1) is 6.61 Å². The van der Waals surface area contributed by atoms with Crippen LogP contribution in [0, 0.1) is 5.92 Å². The highest BCUT2D eigenvalue weighted by atomic mass is 16.5. The Balaban J connectivity index is 2.34. The first-order valence-electron chi connectivity index (χ1n) is 4.18. The summed E-state index contributed by atoms with van der Waals surface area (Å²) in [6, 6.07) is 0. The van der Waals surface area contributed by atoms with E-state index < -0.39 is 0 Å². The lowest BCUT2D eigenvalue weighted by Gasteiger charge is -2.13. The maximum absolute atomic E-state index is 11.1. The van der Waals surface area contributed by atoms with Crippen LogP contribution in [0.15, 0.2) is 12.7 Å². The van der Waals surface area contributed by atoms with E-state index in [1.807, 2.05) is 4.90 Å². The minimum atomic E-state index is 0.0357. The summed E-state index contributed by atoms with van der Waals surface area (Å²) in [4.78, 5) is 12.9. The third-order valence-corrected chi connectivity index (χ3v) is 2.17. The van der Waals surface area contributed by atoms with Crippen molar-refractivity contribution in [2.75, 3.05) is 26.8 Å². The normalized spacial score (nSPS) is 22.8. The Morgan fingerprint density at radius 2 is 2.58 bits per heavy atom. The van der Waals surface area contributed by atoms with Gasteiger partial charge in [0.1, 0.15) is 0 Å². The third-order valence-electron chi connectivity index (χ3n) is 2.17. The molecule has 1 saturated heterocycles. The smallest absolute Gasteiger partial charge is 0.245 e. The lowest BCUT2D eigenvalue weighted by atomic mass is 10.1. The zero-order chi connectivity index (χ0) is 8.97. The minimum Gasteiger partial charge on any atom is -0.384 e. The van der Waals surface area contributed by atoms with Crippen molar-refractivity contribution in [3.8, 4) is 0 Å². The fraction of sp³-hybridized carbons (Fsp3) is 0.667. The molecule has 0 aromatic rings. The Morgan fingerprint density at radius 3 is 3.17 bits per heavy atom. The Bertz CT molecular complexity index is 179. The zero-order valence-electron chi connectivity index (χ0n) is 7.45. The Kier molecular flexibility index (Phi) is 3.29. The van der Waals surface area contributed by atoms with Crippen LogP contribution in [0.4, 0.5) is 0 Å². The van der Waals surface area contributed by atoms with Gasteiger partial charge in [-0.3, -0.25) is 4.79 Å². The van der Waals surface area contributed by atoms with Crippen LogP contribution in [-0.2, 0) is 9.53 Å². The fourth-order valence-corrected chi connectivity index (χ4v) is 1.53. The van der Waals surface area contributed by atoms with Gasteiger partial charge in [0.2, 0.25) is 5.91 Å². The summed E-state index contributed by atoms with van der Waals surface area (Å²) < 4.78 is 5.02. The second-order valence-electron chi connectivity index (χ2n) is 3.10. The SMILES string of the molecule is C=CC(=O)N1CC[C@@H](COC)C1. The molecule has 0 aliphatic carbocycles. The van der Waals surface area contributed by atoms with Crippen LogP contribution in [0.2, 0.25) is 0 Å². The molecule has 12 heavy (non-hydrogen) atoms. The van der Waals surface area contributed by atoms with Crippen LogP contribution in [0.1, 0.15) is 6.42 Å². The van der Waals surface area contributed by atoms with Crippen LogP contribution in [-0.4, -0.2) is 37.6 Å². The fourth-order valence-electron chi connectivity index (χ4n) is 1.53. The lowest BCUT2D eigenvalue weighted by Crippen LogP contribution is -2.27. The van der Waals surface area contributed by atoms with Crippen molar-refractivity contribution in [2.45, 2.75) is 6.42 Å². The van der Waals surface area contributed by atoms with Gasteiger partial charge in [-0.15, -0.1) is 0 Å². The Labute approximate surface area is 73.0 Å². The summed E-state index contributed by atoms with van der Waals surface area (Å²) in [6.07, 6.45) is 2.42. The van der Waals surface area contributed by atoms with Crippen LogP contribution in [0.5, 0.6) is 0 Å². The van der Waals surface area contributed by atoms with Crippen molar-refractivity contribution >= 4 is 5.91 Å². The highest BCUT2D eigenvalue weighted by molar-refractivity contribution is 5.87. The second-order valence-corrected chi connectivity index (χ2v) is 3.10. The summed E-state index contributed by atoms with van der Waals surface area (Å²) in [5.41, 5.74) is 0. The second kappa shape index (κ2) is 4.26. The van der Waals surface area contributed by atoms with E-state index in [2.05, 4.69) is 6.58 Å². The molecule has 0 N–H and O–H groups in total. The van der Waals surface area contributed by atoms with Gasteiger partial charge in [-0.25, -0.2) is 0 Å². The number of methoxy groups -OCH3 is 1. The van der Waals surface area contributed by atoms with Crippen molar-refractivity contribution in [3.05, 3.63) is 12.7 Å². The molecule has 0 spiro atoms. The van der Waals surface area contributed by atoms with Crippen LogP contribution in [0.3, 0.4) is 0 Å². The third kappa shape index (κ3) is 2.08. The average Bonchev–Trinajstić information content (AvgIpc) is 2.52. The Hall–Kier alpha value is -0.830. The molecule has 0 aromatic carbocycles. The first-order valence-corrected chi connectivity index (χ1v) is 4.18. The molecule has 0 radical (unpaired) electrons.